The van der Waals surface area contributed by atoms with Gasteiger partial charge in [-0.25, -0.2) is 21.9 Å². The van der Waals surface area contributed by atoms with Gasteiger partial charge in [-0.05, 0) is 54.7 Å². The van der Waals surface area contributed by atoms with E-state index in [1.807, 2.05) is 4.57 Å². The Hall–Kier alpha value is -3.51. The highest BCUT2D eigenvalue weighted by Crippen LogP contribution is 2.42. The predicted molar refractivity (Wildman–Crippen MR) is 157 cm³/mol. The average molecular weight is 581 g/mol. The van der Waals surface area contributed by atoms with E-state index in [9.17, 15) is 12.8 Å². The van der Waals surface area contributed by atoms with Crippen LogP contribution in [0.2, 0.25) is 0 Å². The zero-order valence-electron chi connectivity index (χ0n) is 23.0. The molecule has 0 spiro atoms. The van der Waals surface area contributed by atoms with E-state index >= 15 is 4.39 Å². The molecule has 1 atom stereocenters. The molecule has 0 saturated carbocycles. The van der Waals surface area contributed by atoms with Crippen molar-refractivity contribution in [2.75, 3.05) is 19.5 Å². The first-order valence-corrected chi connectivity index (χ1v) is 15.2. The van der Waals surface area contributed by atoms with Crippen molar-refractivity contribution in [1.82, 2.24) is 24.5 Å². The van der Waals surface area contributed by atoms with Crippen LogP contribution in [0.25, 0.3) is 33.2 Å². The fraction of sp³-hybridized carbons (Fsp3) is 0.321. The van der Waals surface area contributed by atoms with Gasteiger partial charge in [0, 0.05) is 38.3 Å². The molecule has 6 rings (SSSR count). The Bertz CT molecular complexity index is 1930. The number of benzene rings is 2. The Morgan fingerprint density at radius 1 is 1.05 bits per heavy atom. The van der Waals surface area contributed by atoms with Gasteiger partial charge in [0.25, 0.3) is 0 Å². The van der Waals surface area contributed by atoms with Gasteiger partial charge in [-0.3, -0.25) is 4.98 Å². The van der Waals surface area contributed by atoms with Gasteiger partial charge in [-0.15, -0.1) is 5.10 Å². The van der Waals surface area contributed by atoms with Gasteiger partial charge in [0.1, 0.15) is 11.6 Å². The van der Waals surface area contributed by atoms with Crippen LogP contribution < -0.4 is 0 Å². The number of aromatic nitrogens is 5. The number of ether oxygens (including phenoxy) is 1. The molecule has 3 aromatic heterocycles. The molecular formula is C28H24B3F2N5O3S. The van der Waals surface area contributed by atoms with Gasteiger partial charge >= 0.3 is 0 Å². The van der Waals surface area contributed by atoms with E-state index in [0.717, 1.165) is 17.9 Å². The maximum Gasteiger partial charge on any atom is 0.175 e. The van der Waals surface area contributed by atoms with Gasteiger partial charge in [-0.2, -0.15) is 0 Å². The van der Waals surface area contributed by atoms with Crippen molar-refractivity contribution in [3.8, 4) is 11.3 Å². The molecule has 42 heavy (non-hydrogen) atoms. The normalized spacial score (nSPS) is 15.9. The van der Waals surface area contributed by atoms with E-state index in [1.54, 1.807) is 25.2 Å². The molecule has 0 aliphatic carbocycles. The van der Waals surface area contributed by atoms with Crippen molar-refractivity contribution in [3.63, 3.8) is 0 Å². The van der Waals surface area contributed by atoms with Crippen LogP contribution in [0.15, 0.2) is 53.6 Å². The third kappa shape index (κ3) is 4.94. The second kappa shape index (κ2) is 10.3. The number of rotatable bonds is 6. The largest absolute Gasteiger partial charge is 0.381 e. The first-order chi connectivity index (χ1) is 19.8. The number of hydrogen-bond donors (Lipinski definition) is 0. The van der Waals surface area contributed by atoms with Crippen LogP contribution in [0.4, 0.5) is 8.78 Å². The molecule has 0 amide bonds. The second-order valence-corrected chi connectivity index (χ2v) is 12.8. The van der Waals surface area contributed by atoms with E-state index in [2.05, 4.69) is 15.3 Å². The lowest BCUT2D eigenvalue weighted by Gasteiger charge is -2.33. The summed E-state index contributed by atoms with van der Waals surface area (Å²) in [7, 11) is 15.8. The molecule has 2 aromatic carbocycles. The van der Waals surface area contributed by atoms with Crippen LogP contribution in [0.3, 0.4) is 0 Å². The molecule has 1 saturated heterocycles. The van der Waals surface area contributed by atoms with Crippen molar-refractivity contribution < 1.29 is 21.9 Å². The third-order valence-corrected chi connectivity index (χ3v) is 8.90. The van der Waals surface area contributed by atoms with E-state index in [4.69, 9.17) is 28.3 Å². The lowest BCUT2D eigenvalue weighted by Crippen LogP contribution is -2.28. The first-order valence-electron chi connectivity index (χ1n) is 13.3. The topological polar surface area (TPSA) is 91.9 Å². The van der Waals surface area contributed by atoms with Crippen molar-refractivity contribution in [2.24, 2.45) is 13.0 Å². The number of aryl methyl sites for hydroxylation is 1. The van der Waals surface area contributed by atoms with Crippen LogP contribution in [0.5, 0.6) is 0 Å². The van der Waals surface area contributed by atoms with Crippen LogP contribution >= 0.6 is 0 Å². The Morgan fingerprint density at radius 2 is 1.74 bits per heavy atom. The van der Waals surface area contributed by atoms with Crippen LogP contribution in [0, 0.1) is 17.6 Å². The summed E-state index contributed by atoms with van der Waals surface area (Å²) in [6, 6.07) is 9.94. The van der Waals surface area contributed by atoms with Crippen molar-refractivity contribution in [3.05, 3.63) is 71.6 Å². The second-order valence-electron chi connectivity index (χ2n) is 10.8. The summed E-state index contributed by atoms with van der Waals surface area (Å²) in [5, 5.41) is 6.45. The molecule has 1 aliphatic heterocycles. The molecule has 0 unspecified atom stereocenters. The monoisotopic (exact) mass is 581 g/mol. The summed E-state index contributed by atoms with van der Waals surface area (Å²) in [6.45, 7) is 1.03. The van der Waals surface area contributed by atoms with Gasteiger partial charge in [0.2, 0.25) is 0 Å². The Kier molecular flexibility index (Phi) is 7.04. The molecule has 6 radical (unpaired) electrons. The highest BCUT2D eigenvalue weighted by Gasteiger charge is 2.32. The summed E-state index contributed by atoms with van der Waals surface area (Å²) in [5.74, 6) is -1.13. The number of pyridine rings is 1. The van der Waals surface area contributed by atoms with Crippen molar-refractivity contribution >= 4 is 55.3 Å². The summed E-state index contributed by atoms with van der Waals surface area (Å²) < 4.78 is 64.2. The highest BCUT2D eigenvalue weighted by atomic mass is 32.2. The number of hydrogen-bond acceptors (Lipinski definition) is 6. The summed E-state index contributed by atoms with van der Waals surface area (Å²) in [6.07, 6.45) is 3.90. The van der Waals surface area contributed by atoms with Crippen molar-refractivity contribution in [1.29, 1.82) is 0 Å². The fourth-order valence-corrected chi connectivity index (χ4v) is 6.53. The molecule has 8 nitrogen and oxygen atoms in total. The molecule has 0 N–H and O–H groups in total. The number of halogens is 2. The average Bonchev–Trinajstić information content (AvgIpc) is 3.48. The Balaban J connectivity index is 1.73. The minimum absolute atomic E-state index is 0.00433. The molecule has 208 valence electrons. The summed E-state index contributed by atoms with van der Waals surface area (Å²) >= 11 is 0. The predicted octanol–water partition coefficient (Wildman–Crippen LogP) is 3.30. The highest BCUT2D eigenvalue weighted by molar-refractivity contribution is 7.90. The molecular weight excluding hydrogens is 557 g/mol. The van der Waals surface area contributed by atoms with E-state index < -0.39 is 32.6 Å². The molecule has 14 heteroatoms. The number of nitrogens with zero attached hydrogens (tertiary/aromatic N) is 5. The Morgan fingerprint density at radius 3 is 2.38 bits per heavy atom. The Labute approximate surface area is 245 Å². The van der Waals surface area contributed by atoms with Crippen LogP contribution in [-0.4, -0.2) is 76.0 Å². The smallest absolute Gasteiger partial charge is 0.175 e. The van der Waals surface area contributed by atoms with Crippen LogP contribution in [0.1, 0.15) is 30.1 Å². The summed E-state index contributed by atoms with van der Waals surface area (Å²) in [4.78, 5) is 4.48. The van der Waals surface area contributed by atoms with Crippen molar-refractivity contribution in [2.45, 2.75) is 28.9 Å². The quantitative estimate of drug-likeness (QED) is 0.286. The lowest BCUT2D eigenvalue weighted by atomic mass is 9.41. The minimum Gasteiger partial charge on any atom is -0.381 e. The van der Waals surface area contributed by atoms with Gasteiger partial charge in [0.05, 0.1) is 67.8 Å². The minimum atomic E-state index is -3.77. The van der Waals surface area contributed by atoms with Gasteiger partial charge < -0.3 is 9.30 Å². The van der Waals surface area contributed by atoms with Gasteiger partial charge in [0.15, 0.2) is 9.84 Å². The molecule has 1 aliphatic rings. The standard InChI is InChI=1S/C28H24B3F2N5O3S/c1-37-26(27(35-36-37)28(29,30)31)17-11-22-24(34-14-17)23-20(33)12-19(42(2,39)40)13-21(23)38(22)25(16-7-9-41-10-8-16)15-3-5-18(32)6-4-15/h3-6,11-14,16,25H,7-10H2,1-2H3/t25-/m1/s1. The van der Waals surface area contributed by atoms with Crippen LogP contribution in [-0.2, 0) is 26.7 Å². The first kappa shape index (κ1) is 28.6. The summed E-state index contributed by atoms with van der Waals surface area (Å²) in [5.41, 5.74) is 2.98. The fourth-order valence-electron chi connectivity index (χ4n) is 5.89. The number of sulfone groups is 1. The third-order valence-electron chi connectivity index (χ3n) is 7.81. The molecule has 1 fully saturated rings. The van der Waals surface area contributed by atoms with E-state index in [1.165, 1.54) is 29.1 Å². The SMILES string of the molecule is [B]C([B])([B])c1nnn(C)c1-c1cnc2c3c(F)cc(S(C)(=O)=O)cc3n([C@H](c3ccc(F)cc3)C3CCOCC3)c2c1. The number of fused-ring (bicyclic) bond motifs is 3. The van der Waals surface area contributed by atoms with E-state index in [0.29, 0.717) is 53.9 Å². The molecule has 0 bridgehead atoms. The van der Waals surface area contributed by atoms with Gasteiger partial charge in [-0.1, -0.05) is 22.5 Å². The maximum absolute atomic E-state index is 15.9. The lowest BCUT2D eigenvalue weighted by molar-refractivity contribution is 0.0552. The van der Waals surface area contributed by atoms with E-state index in [-0.39, 0.29) is 21.9 Å². The zero-order chi connectivity index (χ0) is 30.0. The molecule has 4 heterocycles. The zero-order valence-corrected chi connectivity index (χ0v) is 23.8. The maximum atomic E-state index is 15.9. The molecule has 5 aromatic rings.